The fourth-order valence-corrected chi connectivity index (χ4v) is 3.70. The summed E-state index contributed by atoms with van der Waals surface area (Å²) in [6.07, 6.45) is 3.00. The lowest BCUT2D eigenvalue weighted by Gasteiger charge is -2.23. The molecule has 1 aromatic rings. The van der Waals surface area contributed by atoms with Gasteiger partial charge in [0.2, 0.25) is 5.91 Å². The molecule has 100 valence electrons. The second-order valence-corrected chi connectivity index (χ2v) is 7.54. The highest BCUT2D eigenvalue weighted by molar-refractivity contribution is 9.11. The third-order valence-electron chi connectivity index (χ3n) is 3.49. The molecular weight excluding hydrogens is 312 g/mol. The van der Waals surface area contributed by atoms with Gasteiger partial charge in [-0.15, -0.1) is 11.3 Å². The number of hydrogen-bond donors (Lipinski definition) is 1. The standard InChI is InChI=1S/C13H19BrN2OS/c1-15-9-13(6-7-13)12(17)16(2)8-5-10-3-4-11(14)18-10/h3-4,15H,5-9H2,1-2H3. The smallest absolute Gasteiger partial charge is 0.229 e. The minimum Gasteiger partial charge on any atom is -0.345 e. The van der Waals surface area contributed by atoms with E-state index in [4.69, 9.17) is 0 Å². The average Bonchev–Trinajstić information content (AvgIpc) is 3.01. The summed E-state index contributed by atoms with van der Waals surface area (Å²) in [5.74, 6) is 0.299. The first-order valence-electron chi connectivity index (χ1n) is 6.22. The second kappa shape index (κ2) is 5.72. The van der Waals surface area contributed by atoms with Gasteiger partial charge in [-0.25, -0.2) is 0 Å². The summed E-state index contributed by atoms with van der Waals surface area (Å²) in [4.78, 5) is 15.5. The topological polar surface area (TPSA) is 32.3 Å². The molecule has 0 spiro atoms. The zero-order chi connectivity index (χ0) is 13.2. The van der Waals surface area contributed by atoms with Crippen LogP contribution in [0, 0.1) is 5.41 Å². The number of amides is 1. The quantitative estimate of drug-likeness (QED) is 0.869. The van der Waals surface area contributed by atoms with Crippen LogP contribution in [-0.2, 0) is 11.2 Å². The van der Waals surface area contributed by atoms with Crippen molar-refractivity contribution in [2.45, 2.75) is 19.3 Å². The van der Waals surface area contributed by atoms with Gasteiger partial charge < -0.3 is 10.2 Å². The van der Waals surface area contributed by atoms with Gasteiger partial charge in [-0.3, -0.25) is 4.79 Å². The number of hydrogen-bond acceptors (Lipinski definition) is 3. The number of nitrogens with one attached hydrogen (secondary N) is 1. The number of carbonyl (C=O) groups is 1. The van der Waals surface area contributed by atoms with Crippen molar-refractivity contribution in [3.05, 3.63) is 20.8 Å². The van der Waals surface area contributed by atoms with Crippen LogP contribution < -0.4 is 5.32 Å². The first-order chi connectivity index (χ1) is 8.57. The van der Waals surface area contributed by atoms with E-state index in [1.54, 1.807) is 11.3 Å². The van der Waals surface area contributed by atoms with Crippen molar-refractivity contribution in [1.82, 2.24) is 10.2 Å². The van der Waals surface area contributed by atoms with Gasteiger partial charge in [0.05, 0.1) is 9.20 Å². The van der Waals surface area contributed by atoms with Crippen LogP contribution in [0.15, 0.2) is 15.9 Å². The normalized spacial score (nSPS) is 16.6. The van der Waals surface area contributed by atoms with Gasteiger partial charge in [0, 0.05) is 25.0 Å². The monoisotopic (exact) mass is 330 g/mol. The lowest BCUT2D eigenvalue weighted by Crippen LogP contribution is -2.39. The van der Waals surface area contributed by atoms with E-state index >= 15 is 0 Å². The Morgan fingerprint density at radius 3 is 2.78 bits per heavy atom. The maximum atomic E-state index is 12.3. The summed E-state index contributed by atoms with van der Waals surface area (Å²) in [6, 6.07) is 4.18. The van der Waals surface area contributed by atoms with Crippen LogP contribution in [0.25, 0.3) is 0 Å². The van der Waals surface area contributed by atoms with Crippen LogP contribution in [-0.4, -0.2) is 38.0 Å². The van der Waals surface area contributed by atoms with Crippen LogP contribution in [0.1, 0.15) is 17.7 Å². The molecule has 0 saturated heterocycles. The van der Waals surface area contributed by atoms with Crippen molar-refractivity contribution >= 4 is 33.2 Å². The highest BCUT2D eigenvalue weighted by Gasteiger charge is 2.50. The van der Waals surface area contributed by atoms with Crippen molar-refractivity contribution < 1.29 is 4.79 Å². The Labute approximate surface area is 121 Å². The van der Waals surface area contributed by atoms with Crippen LogP contribution >= 0.6 is 27.3 Å². The molecule has 5 heteroatoms. The first kappa shape index (κ1) is 14.0. The van der Waals surface area contributed by atoms with Crippen LogP contribution in [0.3, 0.4) is 0 Å². The fraction of sp³-hybridized carbons (Fsp3) is 0.615. The Bertz CT molecular complexity index is 428. The lowest BCUT2D eigenvalue weighted by molar-refractivity contribution is -0.135. The zero-order valence-electron chi connectivity index (χ0n) is 10.8. The summed E-state index contributed by atoms with van der Waals surface area (Å²) in [6.45, 7) is 1.61. The van der Waals surface area contributed by atoms with Gasteiger partial charge in [-0.1, -0.05) is 0 Å². The number of rotatable bonds is 6. The molecule has 1 saturated carbocycles. The molecule has 0 radical (unpaired) electrons. The Morgan fingerprint density at radius 2 is 2.28 bits per heavy atom. The van der Waals surface area contributed by atoms with E-state index < -0.39 is 0 Å². The Balaban J connectivity index is 1.84. The summed E-state index contributed by atoms with van der Waals surface area (Å²) in [5, 5.41) is 3.13. The number of carbonyl (C=O) groups excluding carboxylic acids is 1. The third kappa shape index (κ3) is 3.13. The molecule has 3 nitrogen and oxygen atoms in total. The predicted molar refractivity (Wildman–Crippen MR) is 79.0 cm³/mol. The maximum absolute atomic E-state index is 12.3. The van der Waals surface area contributed by atoms with Gasteiger partial charge in [-0.05, 0) is 54.4 Å². The van der Waals surface area contributed by atoms with E-state index in [2.05, 4.69) is 33.4 Å². The molecule has 18 heavy (non-hydrogen) atoms. The van der Waals surface area contributed by atoms with Gasteiger partial charge in [0.15, 0.2) is 0 Å². The van der Waals surface area contributed by atoms with E-state index in [0.717, 1.165) is 36.1 Å². The van der Waals surface area contributed by atoms with Gasteiger partial charge in [-0.2, -0.15) is 0 Å². The van der Waals surface area contributed by atoms with E-state index in [0.29, 0.717) is 5.91 Å². The van der Waals surface area contributed by atoms with E-state index in [1.165, 1.54) is 4.88 Å². The number of thiophene rings is 1. The molecule has 1 aromatic heterocycles. The molecule has 1 N–H and O–H groups in total. The molecule has 1 heterocycles. The van der Waals surface area contributed by atoms with Crippen molar-refractivity contribution in [2.24, 2.45) is 5.41 Å². The van der Waals surface area contributed by atoms with Gasteiger partial charge in [0.1, 0.15) is 0 Å². The van der Waals surface area contributed by atoms with Crippen LogP contribution in [0.5, 0.6) is 0 Å². The Hall–Kier alpha value is -0.390. The summed E-state index contributed by atoms with van der Waals surface area (Å²) >= 11 is 5.20. The van der Waals surface area contributed by atoms with Crippen molar-refractivity contribution in [3.63, 3.8) is 0 Å². The second-order valence-electron chi connectivity index (χ2n) is 4.99. The molecule has 1 amide bonds. The summed E-state index contributed by atoms with van der Waals surface area (Å²) in [5.41, 5.74) is -0.0977. The van der Waals surface area contributed by atoms with E-state index in [1.807, 2.05) is 19.0 Å². The summed E-state index contributed by atoms with van der Waals surface area (Å²) < 4.78 is 1.15. The van der Waals surface area contributed by atoms with E-state index in [9.17, 15) is 4.79 Å². The van der Waals surface area contributed by atoms with Crippen molar-refractivity contribution in [3.8, 4) is 0 Å². The molecule has 2 rings (SSSR count). The predicted octanol–water partition coefficient (Wildman–Crippen LogP) is 2.51. The Morgan fingerprint density at radius 1 is 1.56 bits per heavy atom. The van der Waals surface area contributed by atoms with Gasteiger partial charge >= 0.3 is 0 Å². The molecule has 0 atom stereocenters. The zero-order valence-corrected chi connectivity index (χ0v) is 13.2. The highest BCUT2D eigenvalue weighted by Crippen LogP contribution is 2.46. The average molecular weight is 331 g/mol. The molecule has 0 aromatic carbocycles. The molecule has 0 unspecified atom stereocenters. The van der Waals surface area contributed by atoms with Gasteiger partial charge in [0.25, 0.3) is 0 Å². The minimum absolute atomic E-state index is 0.0977. The van der Waals surface area contributed by atoms with Crippen molar-refractivity contribution in [2.75, 3.05) is 27.2 Å². The largest absolute Gasteiger partial charge is 0.345 e. The first-order valence-corrected chi connectivity index (χ1v) is 7.83. The van der Waals surface area contributed by atoms with Crippen LogP contribution in [0.4, 0.5) is 0 Å². The number of halogens is 1. The lowest BCUT2D eigenvalue weighted by atomic mass is 10.1. The van der Waals surface area contributed by atoms with E-state index in [-0.39, 0.29) is 5.41 Å². The molecular formula is C13H19BrN2OS. The molecule has 1 aliphatic carbocycles. The summed E-state index contributed by atoms with van der Waals surface area (Å²) in [7, 11) is 3.83. The molecule has 1 fully saturated rings. The fourth-order valence-electron chi connectivity index (χ4n) is 2.23. The number of likely N-dealkylation sites (N-methyl/N-ethyl adjacent to an activating group) is 1. The SMILES string of the molecule is CNCC1(C(=O)N(C)CCc2ccc(Br)s2)CC1. The molecule has 1 aliphatic rings. The minimum atomic E-state index is -0.0977. The molecule has 0 aliphatic heterocycles. The highest BCUT2D eigenvalue weighted by atomic mass is 79.9. The maximum Gasteiger partial charge on any atom is 0.229 e. The molecule has 0 bridgehead atoms. The van der Waals surface area contributed by atoms with Crippen molar-refractivity contribution in [1.29, 1.82) is 0 Å². The third-order valence-corrected chi connectivity index (χ3v) is 5.17. The Kier molecular flexibility index (Phi) is 4.45. The number of nitrogens with zero attached hydrogens (tertiary/aromatic N) is 1. The van der Waals surface area contributed by atoms with Crippen LogP contribution in [0.2, 0.25) is 0 Å².